The van der Waals surface area contributed by atoms with Gasteiger partial charge in [-0.05, 0) is 57.7 Å². The molecule has 0 saturated heterocycles. The molecule has 0 heterocycles. The van der Waals surface area contributed by atoms with Gasteiger partial charge in [-0.3, -0.25) is 19.3 Å². The molecule has 10 nitrogen and oxygen atoms in total. The van der Waals surface area contributed by atoms with Gasteiger partial charge in [-0.2, -0.15) is 0 Å². The normalized spacial score (nSPS) is 11.7. The Labute approximate surface area is 256 Å². The van der Waals surface area contributed by atoms with Crippen LogP contribution in [0.25, 0.3) is 0 Å². The molecule has 43 heavy (non-hydrogen) atoms. The van der Waals surface area contributed by atoms with Crippen LogP contribution in [-0.2, 0) is 25.5 Å². The van der Waals surface area contributed by atoms with Gasteiger partial charge >= 0.3 is 6.09 Å². The van der Waals surface area contributed by atoms with Crippen LogP contribution in [0.3, 0.4) is 0 Å². The van der Waals surface area contributed by atoms with E-state index in [9.17, 15) is 19.2 Å². The first-order valence-electron chi connectivity index (χ1n) is 15.1. The van der Waals surface area contributed by atoms with Crippen LogP contribution in [-0.4, -0.2) is 61.6 Å². The van der Waals surface area contributed by atoms with Crippen LogP contribution >= 0.6 is 0 Å². The molecule has 4 amide bonds. The molecule has 0 saturated carbocycles. The minimum Gasteiger partial charge on any atom is -0.444 e. The van der Waals surface area contributed by atoms with Crippen molar-refractivity contribution in [2.45, 2.75) is 84.3 Å². The lowest BCUT2D eigenvalue weighted by Gasteiger charge is -2.32. The maximum absolute atomic E-state index is 13.7. The molecule has 2 rings (SSSR count). The summed E-state index contributed by atoms with van der Waals surface area (Å²) >= 11 is 0. The number of hydrogen-bond acceptors (Lipinski definition) is 6. The van der Waals surface area contributed by atoms with E-state index < -0.39 is 17.7 Å². The maximum atomic E-state index is 13.7. The summed E-state index contributed by atoms with van der Waals surface area (Å²) in [7, 11) is 0. The van der Waals surface area contributed by atoms with Crippen molar-refractivity contribution in [2.75, 3.05) is 31.1 Å². The summed E-state index contributed by atoms with van der Waals surface area (Å²) in [5.74, 6) is -0.889. The number of carbonyl (C=O) groups is 4. The van der Waals surface area contributed by atoms with E-state index in [1.54, 1.807) is 0 Å². The number of rotatable bonds is 17. The van der Waals surface area contributed by atoms with E-state index in [1.165, 1.54) is 4.90 Å². The Morgan fingerprint density at radius 3 is 2.16 bits per heavy atom. The number of alkyl carbamates (subject to hydrolysis) is 1. The number of nitrogens with zero attached hydrogens (tertiary/aromatic N) is 1. The topological polar surface area (TPSA) is 143 Å². The summed E-state index contributed by atoms with van der Waals surface area (Å²) in [6.45, 7) is 8.25. The second-order valence-corrected chi connectivity index (χ2v) is 11.6. The molecule has 0 aliphatic carbocycles. The number of carbonyl (C=O) groups excluding carboxylic acids is 4. The lowest BCUT2D eigenvalue weighted by molar-refractivity contribution is -0.127. The lowest BCUT2D eigenvalue weighted by Crippen LogP contribution is -2.54. The van der Waals surface area contributed by atoms with Crippen molar-refractivity contribution in [1.82, 2.24) is 16.0 Å². The third kappa shape index (κ3) is 13.7. The zero-order valence-corrected chi connectivity index (χ0v) is 26.1. The van der Waals surface area contributed by atoms with Crippen molar-refractivity contribution in [1.29, 1.82) is 0 Å². The standard InChI is InChI=1S/C33H49N5O5/c1-25-15-12-13-18-27(25)38(28(31(41)35-22-20-34)23-26-16-9-8-10-17-26)30(40)24-37-29(39)19-11-6-5-7-14-21-36-32(42)43-33(2,3)4/h8-10,12-13,15-18,28H,5-7,11,14,19-24,34H2,1-4H3,(H,35,41)(H,36,42)(H,37,39)/t28-/m0/s1. The minimum atomic E-state index is -0.829. The zero-order chi connectivity index (χ0) is 31.7. The summed E-state index contributed by atoms with van der Waals surface area (Å²) in [5.41, 5.74) is 7.48. The molecular weight excluding hydrogens is 546 g/mol. The first-order chi connectivity index (χ1) is 20.5. The van der Waals surface area contributed by atoms with Crippen molar-refractivity contribution in [3.8, 4) is 0 Å². The molecule has 0 aliphatic rings. The quantitative estimate of drug-likeness (QED) is 0.204. The van der Waals surface area contributed by atoms with E-state index in [1.807, 2.05) is 82.3 Å². The summed E-state index contributed by atoms with van der Waals surface area (Å²) < 4.78 is 5.22. The highest BCUT2D eigenvalue weighted by atomic mass is 16.6. The molecule has 5 N–H and O–H groups in total. The monoisotopic (exact) mass is 595 g/mol. The van der Waals surface area contributed by atoms with Crippen molar-refractivity contribution < 1.29 is 23.9 Å². The molecule has 0 spiro atoms. The van der Waals surface area contributed by atoms with E-state index in [2.05, 4.69) is 16.0 Å². The van der Waals surface area contributed by atoms with Crippen LogP contribution in [0.5, 0.6) is 0 Å². The van der Waals surface area contributed by atoms with Gasteiger partial charge in [0, 0.05) is 38.2 Å². The highest BCUT2D eigenvalue weighted by Crippen LogP contribution is 2.24. The molecule has 2 aromatic rings. The number of ether oxygens (including phenoxy) is 1. The van der Waals surface area contributed by atoms with Gasteiger partial charge in [0.15, 0.2) is 0 Å². The molecule has 1 atom stereocenters. The predicted molar refractivity (Wildman–Crippen MR) is 170 cm³/mol. The molecule has 0 fully saturated rings. The van der Waals surface area contributed by atoms with Crippen LogP contribution in [0.4, 0.5) is 10.5 Å². The van der Waals surface area contributed by atoms with Gasteiger partial charge in [0.05, 0.1) is 6.54 Å². The number of aryl methyl sites for hydroxylation is 1. The van der Waals surface area contributed by atoms with Gasteiger partial charge in [-0.25, -0.2) is 4.79 Å². The number of unbranched alkanes of at least 4 members (excludes halogenated alkanes) is 4. The van der Waals surface area contributed by atoms with Crippen LogP contribution in [0.15, 0.2) is 54.6 Å². The van der Waals surface area contributed by atoms with Crippen molar-refractivity contribution in [3.63, 3.8) is 0 Å². The fourth-order valence-corrected chi connectivity index (χ4v) is 4.55. The van der Waals surface area contributed by atoms with E-state index in [4.69, 9.17) is 10.5 Å². The molecule has 0 unspecified atom stereocenters. The number of para-hydroxylation sites is 1. The lowest BCUT2D eigenvalue weighted by atomic mass is 10.0. The van der Waals surface area contributed by atoms with Crippen LogP contribution in [0, 0.1) is 6.92 Å². The largest absolute Gasteiger partial charge is 0.444 e. The van der Waals surface area contributed by atoms with Gasteiger partial charge in [0.2, 0.25) is 17.7 Å². The van der Waals surface area contributed by atoms with Gasteiger partial charge in [0.1, 0.15) is 11.6 Å². The van der Waals surface area contributed by atoms with Gasteiger partial charge < -0.3 is 26.4 Å². The molecule has 236 valence electrons. The molecule has 0 bridgehead atoms. The van der Waals surface area contributed by atoms with E-state index in [0.29, 0.717) is 31.5 Å². The average Bonchev–Trinajstić information content (AvgIpc) is 2.96. The first-order valence-corrected chi connectivity index (χ1v) is 15.1. The SMILES string of the molecule is Cc1ccccc1N(C(=O)CNC(=O)CCCCCCCNC(=O)OC(C)(C)C)[C@@H](Cc1ccccc1)C(=O)NCCN. The van der Waals surface area contributed by atoms with Gasteiger partial charge in [-0.15, -0.1) is 0 Å². The molecule has 0 radical (unpaired) electrons. The number of hydrogen-bond donors (Lipinski definition) is 4. The second kappa shape index (κ2) is 18.6. The fraction of sp³-hybridized carbons (Fsp3) is 0.515. The smallest absolute Gasteiger partial charge is 0.407 e. The van der Waals surface area contributed by atoms with Crippen molar-refractivity contribution >= 4 is 29.5 Å². The van der Waals surface area contributed by atoms with Crippen molar-refractivity contribution in [2.24, 2.45) is 5.73 Å². The molecule has 0 aliphatic heterocycles. The maximum Gasteiger partial charge on any atom is 0.407 e. The predicted octanol–water partition coefficient (Wildman–Crippen LogP) is 4.00. The van der Waals surface area contributed by atoms with Crippen LogP contribution in [0.1, 0.15) is 70.4 Å². The zero-order valence-electron chi connectivity index (χ0n) is 26.1. The van der Waals surface area contributed by atoms with Crippen LogP contribution in [0.2, 0.25) is 0 Å². The van der Waals surface area contributed by atoms with Crippen LogP contribution < -0.4 is 26.6 Å². The molecule has 0 aromatic heterocycles. The number of amides is 4. The summed E-state index contributed by atoms with van der Waals surface area (Å²) in [5, 5.41) is 8.34. The van der Waals surface area contributed by atoms with E-state index in [-0.39, 0.29) is 37.4 Å². The minimum absolute atomic E-state index is 0.211. The van der Waals surface area contributed by atoms with Gasteiger partial charge in [-0.1, -0.05) is 67.8 Å². The molecular formula is C33H49N5O5. The Balaban J connectivity index is 1.92. The van der Waals surface area contributed by atoms with E-state index in [0.717, 1.165) is 36.8 Å². The molecule has 10 heteroatoms. The highest BCUT2D eigenvalue weighted by molar-refractivity contribution is 6.03. The summed E-state index contributed by atoms with van der Waals surface area (Å²) in [6, 6.07) is 16.1. The number of nitrogens with one attached hydrogen (secondary N) is 3. The Bertz CT molecular complexity index is 1170. The van der Waals surface area contributed by atoms with Gasteiger partial charge in [0.25, 0.3) is 0 Å². The Hall–Kier alpha value is -3.92. The third-order valence-corrected chi connectivity index (χ3v) is 6.66. The second-order valence-electron chi connectivity index (χ2n) is 11.6. The summed E-state index contributed by atoms with van der Waals surface area (Å²) in [6.07, 6.45) is 4.44. The Morgan fingerprint density at radius 2 is 1.49 bits per heavy atom. The van der Waals surface area contributed by atoms with E-state index >= 15 is 0 Å². The number of benzene rings is 2. The summed E-state index contributed by atoms with van der Waals surface area (Å²) in [4.78, 5) is 52.8. The fourth-order valence-electron chi connectivity index (χ4n) is 4.55. The average molecular weight is 596 g/mol. The first kappa shape index (κ1) is 35.3. The Morgan fingerprint density at radius 1 is 0.837 bits per heavy atom. The third-order valence-electron chi connectivity index (χ3n) is 6.66. The number of anilines is 1. The molecule has 2 aromatic carbocycles. The Kier molecular flexibility index (Phi) is 15.2. The highest BCUT2D eigenvalue weighted by Gasteiger charge is 2.32. The number of nitrogens with two attached hydrogens (primary N) is 1. The van der Waals surface area contributed by atoms with Crippen molar-refractivity contribution in [3.05, 3.63) is 65.7 Å².